The number of hydrogen-bond donors (Lipinski definition) is 1. The molecule has 0 bridgehead atoms. The van der Waals surface area contributed by atoms with Gasteiger partial charge in [0.1, 0.15) is 0 Å². The van der Waals surface area contributed by atoms with Gasteiger partial charge in [0.15, 0.2) is 0 Å². The van der Waals surface area contributed by atoms with Crippen molar-refractivity contribution in [2.45, 2.75) is 13.8 Å². The Kier molecular flexibility index (Phi) is 3.37. The molecule has 1 N–H and O–H groups in total. The molecule has 7 heteroatoms. The lowest BCUT2D eigenvalue weighted by molar-refractivity contribution is 0.102. The largest absolute Gasteiger partial charge is 0.319 e. The Morgan fingerprint density at radius 3 is 2.63 bits per heavy atom. The lowest BCUT2D eigenvalue weighted by atomic mass is 10.2. The number of nitrogens with one attached hydrogen (secondary N) is 1. The van der Waals surface area contributed by atoms with Crippen LogP contribution in [0.5, 0.6) is 0 Å². The van der Waals surface area contributed by atoms with E-state index in [4.69, 9.17) is 0 Å². The zero-order chi connectivity index (χ0) is 14.0. The highest BCUT2D eigenvalue weighted by molar-refractivity contribution is 6.03. The minimum absolute atomic E-state index is 0.119. The van der Waals surface area contributed by atoms with E-state index >= 15 is 0 Å². The Balaban J connectivity index is 2.23. The molecule has 2 aromatic rings. The highest BCUT2D eigenvalue weighted by Crippen LogP contribution is 2.04. The molecule has 0 radical (unpaired) electrons. The summed E-state index contributed by atoms with van der Waals surface area (Å²) in [6.45, 7) is 3.56. The van der Waals surface area contributed by atoms with Gasteiger partial charge >= 0.3 is 0 Å². The second kappa shape index (κ2) is 4.97. The van der Waals surface area contributed by atoms with Gasteiger partial charge in [-0.25, -0.2) is 4.98 Å². The molecule has 2 heterocycles. The number of carbonyl (C=O) groups excluding carboxylic acids is 1. The van der Waals surface area contributed by atoms with Crippen molar-refractivity contribution in [2.75, 3.05) is 5.32 Å². The van der Waals surface area contributed by atoms with E-state index in [1.165, 1.54) is 16.8 Å². The van der Waals surface area contributed by atoms with Crippen molar-refractivity contribution in [1.29, 1.82) is 0 Å². The molecule has 0 atom stereocenters. The first kappa shape index (κ1) is 12.9. The van der Waals surface area contributed by atoms with E-state index in [0.29, 0.717) is 11.4 Å². The van der Waals surface area contributed by atoms with E-state index in [2.05, 4.69) is 20.5 Å². The van der Waals surface area contributed by atoms with E-state index in [-0.39, 0.29) is 17.1 Å². The first-order valence-corrected chi connectivity index (χ1v) is 5.63. The van der Waals surface area contributed by atoms with Crippen LogP contribution < -0.4 is 10.9 Å². The number of anilines is 1. The number of amides is 1. The topological polar surface area (TPSA) is 89.8 Å². The standard InChI is InChI=1S/C12H13N5O2/c1-7-8(2)15-16-12(13-7)14-11(19)9-4-5-17(3)10(18)6-9/h4-6H,1-3H3,(H,13,14,16,19). The zero-order valence-corrected chi connectivity index (χ0v) is 10.8. The van der Waals surface area contributed by atoms with E-state index in [0.717, 1.165) is 0 Å². The SMILES string of the molecule is Cc1nnc(NC(=O)c2ccn(C)c(=O)c2)nc1C. The maximum absolute atomic E-state index is 11.9. The highest BCUT2D eigenvalue weighted by atomic mass is 16.2. The Hall–Kier alpha value is -2.57. The van der Waals surface area contributed by atoms with Gasteiger partial charge in [0.2, 0.25) is 5.95 Å². The number of pyridine rings is 1. The van der Waals surface area contributed by atoms with Crippen molar-refractivity contribution >= 4 is 11.9 Å². The molecule has 0 saturated heterocycles. The van der Waals surface area contributed by atoms with Crippen molar-refractivity contribution in [3.05, 3.63) is 45.6 Å². The molecule has 0 fully saturated rings. The molecule has 0 spiro atoms. The molecule has 98 valence electrons. The van der Waals surface area contributed by atoms with Gasteiger partial charge in [-0.3, -0.25) is 14.9 Å². The normalized spacial score (nSPS) is 10.3. The average Bonchev–Trinajstić information content (AvgIpc) is 2.37. The fourth-order valence-electron chi connectivity index (χ4n) is 1.37. The van der Waals surface area contributed by atoms with Crippen LogP contribution in [0.15, 0.2) is 23.1 Å². The molecular weight excluding hydrogens is 246 g/mol. The minimum Gasteiger partial charge on any atom is -0.319 e. The summed E-state index contributed by atoms with van der Waals surface area (Å²) in [5, 5.41) is 10.1. The smallest absolute Gasteiger partial charge is 0.258 e. The van der Waals surface area contributed by atoms with Crippen LogP contribution in [0.25, 0.3) is 0 Å². The number of carbonyl (C=O) groups is 1. The second-order valence-corrected chi connectivity index (χ2v) is 4.12. The molecule has 1 amide bonds. The molecule has 0 aliphatic carbocycles. The molecule has 2 aromatic heterocycles. The van der Waals surface area contributed by atoms with Gasteiger partial charge in [-0.2, -0.15) is 5.10 Å². The van der Waals surface area contributed by atoms with Gasteiger partial charge < -0.3 is 4.57 Å². The van der Waals surface area contributed by atoms with Crippen LogP contribution in [-0.2, 0) is 7.05 Å². The summed E-state index contributed by atoms with van der Waals surface area (Å²) in [6, 6.07) is 2.80. The van der Waals surface area contributed by atoms with Gasteiger partial charge in [-0.15, -0.1) is 5.10 Å². The molecule has 0 aromatic carbocycles. The van der Waals surface area contributed by atoms with Crippen molar-refractivity contribution in [3.8, 4) is 0 Å². The Morgan fingerprint density at radius 2 is 2.00 bits per heavy atom. The van der Waals surface area contributed by atoms with Crippen LogP contribution in [0.1, 0.15) is 21.7 Å². The summed E-state index contributed by atoms with van der Waals surface area (Å²) in [4.78, 5) is 27.4. The van der Waals surface area contributed by atoms with Crippen molar-refractivity contribution in [3.63, 3.8) is 0 Å². The molecule has 7 nitrogen and oxygen atoms in total. The molecule has 2 rings (SSSR count). The third-order valence-corrected chi connectivity index (χ3v) is 2.68. The molecule has 19 heavy (non-hydrogen) atoms. The lowest BCUT2D eigenvalue weighted by Gasteiger charge is -2.05. The zero-order valence-electron chi connectivity index (χ0n) is 10.8. The monoisotopic (exact) mass is 259 g/mol. The van der Waals surface area contributed by atoms with Gasteiger partial charge in [0, 0.05) is 24.9 Å². The van der Waals surface area contributed by atoms with Crippen LogP contribution >= 0.6 is 0 Å². The third kappa shape index (κ3) is 2.82. The number of aryl methyl sites for hydroxylation is 3. The summed E-state index contributed by atoms with van der Waals surface area (Å²) in [5.41, 5.74) is 1.39. The first-order chi connectivity index (χ1) is 8.97. The summed E-state index contributed by atoms with van der Waals surface area (Å²) in [6.07, 6.45) is 1.52. The van der Waals surface area contributed by atoms with E-state index in [9.17, 15) is 9.59 Å². The molecule has 0 saturated carbocycles. The van der Waals surface area contributed by atoms with Gasteiger partial charge in [0.25, 0.3) is 11.5 Å². The Labute approximate surface area is 109 Å². The van der Waals surface area contributed by atoms with E-state index in [1.807, 2.05) is 0 Å². The van der Waals surface area contributed by atoms with Crippen LogP contribution in [0.4, 0.5) is 5.95 Å². The number of nitrogens with zero attached hydrogens (tertiary/aromatic N) is 4. The molecule has 0 aliphatic rings. The lowest BCUT2D eigenvalue weighted by Crippen LogP contribution is -2.21. The van der Waals surface area contributed by atoms with Crippen LogP contribution in [-0.4, -0.2) is 25.7 Å². The van der Waals surface area contributed by atoms with Gasteiger partial charge in [-0.1, -0.05) is 0 Å². The fraction of sp³-hybridized carbons (Fsp3) is 0.250. The maximum atomic E-state index is 11.9. The predicted octanol–water partition coefficient (Wildman–Crippen LogP) is 0.439. The second-order valence-electron chi connectivity index (χ2n) is 4.12. The number of aromatic nitrogens is 4. The van der Waals surface area contributed by atoms with Gasteiger partial charge in [0.05, 0.1) is 11.4 Å². The first-order valence-electron chi connectivity index (χ1n) is 5.63. The van der Waals surface area contributed by atoms with Crippen molar-refractivity contribution < 1.29 is 4.79 Å². The van der Waals surface area contributed by atoms with Gasteiger partial charge in [-0.05, 0) is 19.9 Å². The Bertz CT molecular complexity index is 693. The number of rotatable bonds is 2. The Morgan fingerprint density at radius 1 is 1.26 bits per heavy atom. The van der Waals surface area contributed by atoms with Crippen LogP contribution in [0.2, 0.25) is 0 Å². The average molecular weight is 259 g/mol. The van der Waals surface area contributed by atoms with E-state index < -0.39 is 5.91 Å². The van der Waals surface area contributed by atoms with Crippen LogP contribution in [0, 0.1) is 13.8 Å². The van der Waals surface area contributed by atoms with Crippen LogP contribution in [0.3, 0.4) is 0 Å². The van der Waals surface area contributed by atoms with Crippen molar-refractivity contribution in [2.24, 2.45) is 7.05 Å². The van der Waals surface area contributed by atoms with Crippen molar-refractivity contribution in [1.82, 2.24) is 19.7 Å². The predicted molar refractivity (Wildman–Crippen MR) is 68.9 cm³/mol. The summed E-state index contributed by atoms with van der Waals surface area (Å²) < 4.78 is 1.38. The fourth-order valence-corrected chi connectivity index (χ4v) is 1.37. The molecule has 0 aliphatic heterocycles. The minimum atomic E-state index is -0.442. The third-order valence-electron chi connectivity index (χ3n) is 2.68. The maximum Gasteiger partial charge on any atom is 0.258 e. The van der Waals surface area contributed by atoms with E-state index in [1.54, 1.807) is 27.0 Å². The number of hydrogen-bond acceptors (Lipinski definition) is 5. The summed E-state index contributed by atoms with van der Waals surface area (Å²) in [7, 11) is 1.61. The highest BCUT2D eigenvalue weighted by Gasteiger charge is 2.10. The quantitative estimate of drug-likeness (QED) is 0.845. The molecular formula is C12H13N5O2. The molecule has 0 unspecified atom stereocenters. The summed E-state index contributed by atoms with van der Waals surface area (Å²) >= 11 is 0. The summed E-state index contributed by atoms with van der Waals surface area (Å²) in [5.74, 6) is -0.323.